The second-order valence-electron chi connectivity index (χ2n) is 4.75. The van der Waals surface area contributed by atoms with E-state index in [9.17, 15) is 9.59 Å². The zero-order valence-electron chi connectivity index (χ0n) is 11.2. The number of hydrogen-bond acceptors (Lipinski definition) is 7. The molecule has 2 N–H and O–H groups in total. The van der Waals surface area contributed by atoms with Crippen molar-refractivity contribution in [1.82, 2.24) is 20.4 Å². The first-order chi connectivity index (χ1) is 10.2. The van der Waals surface area contributed by atoms with Crippen molar-refractivity contribution in [3.63, 3.8) is 0 Å². The van der Waals surface area contributed by atoms with Crippen LogP contribution in [0.1, 0.15) is 18.7 Å². The molecule has 3 rings (SSSR count). The number of nitrogens with one attached hydrogen (secondary N) is 2. The lowest BCUT2D eigenvalue weighted by atomic mass is 10.2. The third-order valence-corrected chi connectivity index (χ3v) is 4.18. The normalized spacial score (nSPS) is 18.1. The number of aromatic nitrogens is 3. The van der Waals surface area contributed by atoms with Crippen molar-refractivity contribution in [2.75, 3.05) is 18.0 Å². The van der Waals surface area contributed by atoms with Crippen LogP contribution in [0.2, 0.25) is 0 Å². The third-order valence-electron chi connectivity index (χ3n) is 3.37. The Bertz CT molecular complexity index is 650. The molecule has 0 saturated carbocycles. The van der Waals surface area contributed by atoms with E-state index in [0.717, 1.165) is 24.5 Å². The number of thiazole rings is 1. The molecule has 0 aliphatic carbocycles. The maximum absolute atomic E-state index is 12.3. The quantitative estimate of drug-likeness (QED) is 0.814. The van der Waals surface area contributed by atoms with Crippen molar-refractivity contribution in [2.24, 2.45) is 0 Å². The fourth-order valence-corrected chi connectivity index (χ4v) is 3.14. The van der Waals surface area contributed by atoms with Gasteiger partial charge in [0.05, 0.1) is 0 Å². The Morgan fingerprint density at radius 1 is 1.62 bits per heavy atom. The van der Waals surface area contributed by atoms with Crippen molar-refractivity contribution in [3.8, 4) is 0 Å². The molecule has 0 bridgehead atoms. The molecule has 8 nitrogen and oxygen atoms in total. The molecule has 1 aliphatic heterocycles. The number of hydrogen-bond donors (Lipinski definition) is 2. The van der Waals surface area contributed by atoms with Crippen LogP contribution in [0.4, 0.5) is 5.13 Å². The van der Waals surface area contributed by atoms with Gasteiger partial charge >= 0.3 is 5.76 Å². The summed E-state index contributed by atoms with van der Waals surface area (Å²) >= 11 is 1.54. The predicted octanol–water partition coefficient (Wildman–Crippen LogP) is 0.147. The van der Waals surface area contributed by atoms with Crippen LogP contribution in [-0.2, 0) is 11.2 Å². The predicted molar refractivity (Wildman–Crippen MR) is 76.3 cm³/mol. The van der Waals surface area contributed by atoms with Gasteiger partial charge in [0.2, 0.25) is 5.91 Å². The van der Waals surface area contributed by atoms with E-state index in [-0.39, 0.29) is 11.9 Å². The minimum Gasteiger partial charge on any atom is -0.354 e. The van der Waals surface area contributed by atoms with Crippen LogP contribution in [0.3, 0.4) is 0 Å². The maximum atomic E-state index is 12.3. The largest absolute Gasteiger partial charge is 0.438 e. The Morgan fingerprint density at radius 2 is 2.52 bits per heavy atom. The van der Waals surface area contributed by atoms with E-state index in [1.165, 1.54) is 11.3 Å². The number of nitrogens with zero attached hydrogens (tertiary/aromatic N) is 3. The van der Waals surface area contributed by atoms with Crippen LogP contribution in [0.15, 0.2) is 20.9 Å². The van der Waals surface area contributed by atoms with Gasteiger partial charge < -0.3 is 10.2 Å². The van der Waals surface area contributed by atoms with Crippen molar-refractivity contribution in [3.05, 3.63) is 28.0 Å². The van der Waals surface area contributed by atoms with Gasteiger partial charge in [-0.05, 0) is 12.8 Å². The summed E-state index contributed by atoms with van der Waals surface area (Å²) in [6.45, 7) is 1.26. The van der Waals surface area contributed by atoms with Gasteiger partial charge in [0.25, 0.3) is 0 Å². The van der Waals surface area contributed by atoms with Gasteiger partial charge in [0.15, 0.2) is 11.0 Å². The number of amides is 1. The minimum absolute atomic E-state index is 0.0199. The molecule has 0 aromatic carbocycles. The van der Waals surface area contributed by atoms with E-state index in [2.05, 4.69) is 25.0 Å². The molecule has 0 unspecified atom stereocenters. The first-order valence-electron chi connectivity index (χ1n) is 6.73. The van der Waals surface area contributed by atoms with Crippen LogP contribution in [0.5, 0.6) is 0 Å². The molecule has 2 aromatic heterocycles. The Balaban J connectivity index is 1.54. The van der Waals surface area contributed by atoms with Gasteiger partial charge in [-0.15, -0.1) is 11.3 Å². The Labute approximate surface area is 124 Å². The highest BCUT2D eigenvalue weighted by Crippen LogP contribution is 2.27. The van der Waals surface area contributed by atoms with Gasteiger partial charge in [0.1, 0.15) is 6.04 Å². The smallest absolute Gasteiger partial charge is 0.354 e. The summed E-state index contributed by atoms with van der Waals surface area (Å²) in [7, 11) is 0. The zero-order chi connectivity index (χ0) is 14.7. The zero-order valence-corrected chi connectivity index (χ0v) is 12.1. The first kappa shape index (κ1) is 13.8. The number of H-pyrrole nitrogens is 1. The number of aromatic amines is 1. The maximum Gasteiger partial charge on any atom is 0.438 e. The van der Waals surface area contributed by atoms with E-state index in [0.29, 0.717) is 18.8 Å². The second kappa shape index (κ2) is 6.08. The van der Waals surface area contributed by atoms with Crippen LogP contribution < -0.4 is 16.0 Å². The average Bonchev–Trinajstić information content (AvgIpc) is 3.19. The molecule has 1 atom stereocenters. The Kier molecular flexibility index (Phi) is 4.00. The molecule has 3 heterocycles. The molecule has 112 valence electrons. The molecule has 0 spiro atoms. The molecular formula is C12H15N5O3S. The lowest BCUT2D eigenvalue weighted by Gasteiger charge is -2.22. The molecule has 9 heteroatoms. The highest BCUT2D eigenvalue weighted by Gasteiger charge is 2.31. The van der Waals surface area contributed by atoms with Gasteiger partial charge in [-0.2, -0.15) is 0 Å². The average molecular weight is 309 g/mol. The van der Waals surface area contributed by atoms with Crippen molar-refractivity contribution in [2.45, 2.75) is 25.3 Å². The number of anilines is 1. The van der Waals surface area contributed by atoms with Gasteiger partial charge in [-0.1, -0.05) is 5.16 Å². The summed E-state index contributed by atoms with van der Waals surface area (Å²) in [6, 6.07) is -0.174. The summed E-state index contributed by atoms with van der Waals surface area (Å²) in [5.41, 5.74) is 0. The molecule has 1 amide bonds. The molecule has 1 fully saturated rings. The molecule has 0 radical (unpaired) electrons. The van der Waals surface area contributed by atoms with E-state index < -0.39 is 5.76 Å². The summed E-state index contributed by atoms with van der Waals surface area (Å²) in [4.78, 5) is 31.8. The summed E-state index contributed by atoms with van der Waals surface area (Å²) in [5.74, 6) is -0.167. The molecule has 1 aliphatic rings. The summed E-state index contributed by atoms with van der Waals surface area (Å²) in [6.07, 6.45) is 3.98. The van der Waals surface area contributed by atoms with Gasteiger partial charge in [-0.3, -0.25) is 14.3 Å². The Hall–Kier alpha value is -2.16. The standard InChI is InChI=1S/C12H15N5O3S/c18-10(13-4-3-9-15-12(19)20-16-9)8-2-1-6-17(8)11-14-5-7-21-11/h5,7-8H,1-4,6H2,(H,13,18)(H,15,16,19)/t8-/m1/s1. The van der Waals surface area contributed by atoms with E-state index in [4.69, 9.17) is 0 Å². The van der Waals surface area contributed by atoms with Crippen LogP contribution >= 0.6 is 11.3 Å². The number of carbonyl (C=O) groups is 1. The van der Waals surface area contributed by atoms with Crippen LogP contribution in [0, 0.1) is 0 Å². The van der Waals surface area contributed by atoms with Gasteiger partial charge in [0, 0.05) is 31.1 Å². The number of carbonyl (C=O) groups excluding carboxylic acids is 1. The topological polar surface area (TPSA) is 104 Å². The first-order valence-corrected chi connectivity index (χ1v) is 7.61. The molecule has 21 heavy (non-hydrogen) atoms. The fourth-order valence-electron chi connectivity index (χ4n) is 2.42. The lowest BCUT2D eigenvalue weighted by molar-refractivity contribution is -0.122. The summed E-state index contributed by atoms with van der Waals surface area (Å²) < 4.78 is 4.40. The van der Waals surface area contributed by atoms with Crippen molar-refractivity contribution < 1.29 is 9.32 Å². The highest BCUT2D eigenvalue weighted by molar-refractivity contribution is 7.13. The minimum atomic E-state index is -0.581. The second-order valence-corrected chi connectivity index (χ2v) is 5.62. The van der Waals surface area contributed by atoms with Crippen LogP contribution in [0.25, 0.3) is 0 Å². The third kappa shape index (κ3) is 3.13. The fraction of sp³-hybridized carbons (Fsp3) is 0.500. The van der Waals surface area contributed by atoms with E-state index in [1.54, 1.807) is 6.20 Å². The SMILES string of the molecule is O=C(NCCc1noc(=O)[nH]1)[C@H]1CCCN1c1nccs1. The monoisotopic (exact) mass is 309 g/mol. The lowest BCUT2D eigenvalue weighted by Crippen LogP contribution is -2.44. The van der Waals surface area contributed by atoms with E-state index in [1.807, 2.05) is 10.3 Å². The highest BCUT2D eigenvalue weighted by atomic mass is 32.1. The molecular weight excluding hydrogens is 294 g/mol. The van der Waals surface area contributed by atoms with Crippen molar-refractivity contribution in [1.29, 1.82) is 0 Å². The summed E-state index contributed by atoms with van der Waals surface area (Å²) in [5, 5.41) is 9.21. The van der Waals surface area contributed by atoms with Crippen molar-refractivity contribution >= 4 is 22.4 Å². The van der Waals surface area contributed by atoms with E-state index >= 15 is 0 Å². The number of rotatable bonds is 5. The van der Waals surface area contributed by atoms with Crippen LogP contribution in [-0.4, -0.2) is 40.2 Å². The Morgan fingerprint density at radius 3 is 3.24 bits per heavy atom. The van der Waals surface area contributed by atoms with Gasteiger partial charge in [-0.25, -0.2) is 9.78 Å². The molecule has 1 saturated heterocycles. The molecule has 2 aromatic rings.